The van der Waals surface area contributed by atoms with E-state index in [-0.39, 0.29) is 5.15 Å². The smallest absolute Gasteiger partial charge is 0.208 e. The molecule has 1 aromatic heterocycles. The van der Waals surface area contributed by atoms with Crippen molar-refractivity contribution in [3.63, 3.8) is 0 Å². The number of pyridine rings is 1. The zero-order valence-electron chi connectivity index (χ0n) is 6.27. The van der Waals surface area contributed by atoms with Crippen LogP contribution >= 0.6 is 11.6 Å². The van der Waals surface area contributed by atoms with E-state index < -0.39 is 5.95 Å². The van der Waals surface area contributed by atoms with Crippen LogP contribution in [0.1, 0.15) is 18.9 Å². The molecule has 1 heterocycles. The van der Waals surface area contributed by atoms with Crippen molar-refractivity contribution in [3.8, 4) is 0 Å². The lowest BCUT2D eigenvalue weighted by Crippen LogP contribution is -1.90. The predicted octanol–water partition coefficient (Wildman–Crippen LogP) is 2.83. The number of hydrogen-bond acceptors (Lipinski definition) is 1. The Morgan fingerprint density at radius 2 is 2.27 bits per heavy atom. The Bertz CT molecular complexity index is 250. The number of nitrogens with zero attached hydrogens (tertiary/aromatic N) is 1. The van der Waals surface area contributed by atoms with Crippen molar-refractivity contribution in [3.05, 3.63) is 28.8 Å². The van der Waals surface area contributed by atoms with Gasteiger partial charge in [0.15, 0.2) is 0 Å². The number of aromatic nitrogens is 1. The van der Waals surface area contributed by atoms with Gasteiger partial charge in [-0.15, -0.1) is 0 Å². The SMILES string of the molecule is CCCc1ccc(F)nc1Cl. The van der Waals surface area contributed by atoms with Crippen molar-refractivity contribution in [2.45, 2.75) is 19.8 Å². The Morgan fingerprint density at radius 1 is 1.55 bits per heavy atom. The van der Waals surface area contributed by atoms with Crippen molar-refractivity contribution in [1.29, 1.82) is 0 Å². The largest absolute Gasteiger partial charge is 0.214 e. The van der Waals surface area contributed by atoms with Gasteiger partial charge in [-0.05, 0) is 18.1 Å². The molecular formula is C8H9ClFN. The van der Waals surface area contributed by atoms with E-state index in [1.165, 1.54) is 6.07 Å². The molecular weight excluding hydrogens is 165 g/mol. The zero-order valence-corrected chi connectivity index (χ0v) is 7.03. The van der Waals surface area contributed by atoms with E-state index in [1.54, 1.807) is 6.07 Å². The van der Waals surface area contributed by atoms with Crippen molar-refractivity contribution < 1.29 is 4.39 Å². The highest BCUT2D eigenvalue weighted by molar-refractivity contribution is 6.30. The second-order valence-corrected chi connectivity index (χ2v) is 2.69. The lowest BCUT2D eigenvalue weighted by atomic mass is 10.2. The van der Waals surface area contributed by atoms with Crippen LogP contribution in [0.25, 0.3) is 0 Å². The van der Waals surface area contributed by atoms with Gasteiger partial charge in [0, 0.05) is 0 Å². The summed E-state index contributed by atoms with van der Waals surface area (Å²) in [5.41, 5.74) is 0.913. The molecule has 0 saturated heterocycles. The lowest BCUT2D eigenvalue weighted by molar-refractivity contribution is 0.582. The molecule has 0 spiro atoms. The molecule has 0 aliphatic rings. The first-order chi connectivity index (χ1) is 5.24. The average molecular weight is 174 g/mol. The van der Waals surface area contributed by atoms with E-state index in [1.807, 2.05) is 6.92 Å². The molecule has 3 heteroatoms. The van der Waals surface area contributed by atoms with Crippen molar-refractivity contribution in [1.82, 2.24) is 4.98 Å². The third-order valence-electron chi connectivity index (χ3n) is 1.41. The fourth-order valence-electron chi connectivity index (χ4n) is 0.897. The van der Waals surface area contributed by atoms with E-state index in [2.05, 4.69) is 4.98 Å². The molecule has 1 aromatic rings. The standard InChI is InChI=1S/C8H9ClFN/c1-2-3-6-4-5-7(10)11-8(6)9/h4-5H,2-3H2,1H3. The fourth-order valence-corrected chi connectivity index (χ4v) is 1.14. The molecule has 0 aliphatic carbocycles. The van der Waals surface area contributed by atoms with Crippen LogP contribution in [0.2, 0.25) is 5.15 Å². The van der Waals surface area contributed by atoms with Crippen LogP contribution in [0.5, 0.6) is 0 Å². The number of halogens is 2. The molecule has 0 aromatic carbocycles. The molecule has 0 unspecified atom stereocenters. The first kappa shape index (κ1) is 8.47. The molecule has 0 saturated carbocycles. The van der Waals surface area contributed by atoms with E-state index in [0.717, 1.165) is 18.4 Å². The van der Waals surface area contributed by atoms with Crippen LogP contribution in [0.3, 0.4) is 0 Å². The maximum Gasteiger partial charge on any atom is 0.214 e. The molecule has 0 amide bonds. The predicted molar refractivity (Wildman–Crippen MR) is 43.2 cm³/mol. The Labute approximate surface area is 70.2 Å². The third kappa shape index (κ3) is 2.15. The van der Waals surface area contributed by atoms with Gasteiger partial charge in [0.1, 0.15) is 5.15 Å². The van der Waals surface area contributed by atoms with Crippen LogP contribution < -0.4 is 0 Å². The van der Waals surface area contributed by atoms with Gasteiger partial charge in [0.05, 0.1) is 0 Å². The Morgan fingerprint density at radius 3 is 2.82 bits per heavy atom. The van der Waals surface area contributed by atoms with E-state index >= 15 is 0 Å². The summed E-state index contributed by atoms with van der Waals surface area (Å²) >= 11 is 5.66. The molecule has 0 atom stereocenters. The number of rotatable bonds is 2. The normalized spacial score (nSPS) is 10.1. The fraction of sp³-hybridized carbons (Fsp3) is 0.375. The maximum atomic E-state index is 12.4. The highest BCUT2D eigenvalue weighted by Crippen LogP contribution is 2.14. The zero-order chi connectivity index (χ0) is 8.27. The van der Waals surface area contributed by atoms with Crippen LogP contribution in [-0.4, -0.2) is 4.98 Å². The molecule has 0 aliphatic heterocycles. The van der Waals surface area contributed by atoms with Crippen LogP contribution in [-0.2, 0) is 6.42 Å². The van der Waals surface area contributed by atoms with Crippen molar-refractivity contribution >= 4 is 11.6 Å². The van der Waals surface area contributed by atoms with E-state index in [4.69, 9.17) is 11.6 Å². The Kier molecular flexibility index (Phi) is 2.83. The summed E-state index contributed by atoms with van der Waals surface area (Å²) in [7, 11) is 0. The van der Waals surface area contributed by atoms with Crippen molar-refractivity contribution in [2.75, 3.05) is 0 Å². The summed E-state index contributed by atoms with van der Waals surface area (Å²) in [6.07, 6.45) is 1.85. The van der Waals surface area contributed by atoms with Gasteiger partial charge < -0.3 is 0 Å². The quantitative estimate of drug-likeness (QED) is 0.627. The Balaban J connectivity index is 2.90. The topological polar surface area (TPSA) is 12.9 Å². The number of aryl methyl sites for hydroxylation is 1. The van der Waals surface area contributed by atoms with Gasteiger partial charge in [-0.1, -0.05) is 31.0 Å². The molecule has 11 heavy (non-hydrogen) atoms. The minimum atomic E-state index is -0.519. The third-order valence-corrected chi connectivity index (χ3v) is 1.74. The van der Waals surface area contributed by atoms with Crippen molar-refractivity contribution in [2.24, 2.45) is 0 Å². The van der Waals surface area contributed by atoms with Gasteiger partial charge in [-0.2, -0.15) is 4.39 Å². The van der Waals surface area contributed by atoms with Crippen LogP contribution in [0.15, 0.2) is 12.1 Å². The summed E-state index contributed by atoms with van der Waals surface area (Å²) in [5, 5.41) is 0.284. The second kappa shape index (κ2) is 3.67. The van der Waals surface area contributed by atoms with E-state index in [0.29, 0.717) is 0 Å². The molecule has 0 fully saturated rings. The highest BCUT2D eigenvalue weighted by atomic mass is 35.5. The van der Waals surface area contributed by atoms with Crippen LogP contribution in [0, 0.1) is 5.95 Å². The minimum absolute atomic E-state index is 0.284. The van der Waals surface area contributed by atoms with E-state index in [9.17, 15) is 4.39 Å². The summed E-state index contributed by atoms with van der Waals surface area (Å²) in [6, 6.07) is 3.00. The van der Waals surface area contributed by atoms with Gasteiger partial charge in [-0.25, -0.2) is 4.98 Å². The van der Waals surface area contributed by atoms with Gasteiger partial charge >= 0.3 is 0 Å². The molecule has 1 rings (SSSR count). The van der Waals surface area contributed by atoms with Crippen LogP contribution in [0.4, 0.5) is 4.39 Å². The second-order valence-electron chi connectivity index (χ2n) is 2.33. The first-order valence-electron chi connectivity index (χ1n) is 3.55. The summed E-state index contributed by atoms with van der Waals surface area (Å²) < 4.78 is 12.4. The monoisotopic (exact) mass is 173 g/mol. The molecule has 1 nitrogen and oxygen atoms in total. The Hall–Kier alpha value is -0.630. The molecule has 0 N–H and O–H groups in total. The number of hydrogen-bond donors (Lipinski definition) is 0. The summed E-state index contributed by atoms with van der Waals surface area (Å²) in [6.45, 7) is 2.04. The summed E-state index contributed by atoms with van der Waals surface area (Å²) in [5.74, 6) is -0.519. The minimum Gasteiger partial charge on any atom is -0.208 e. The lowest BCUT2D eigenvalue weighted by Gasteiger charge is -1.99. The van der Waals surface area contributed by atoms with Gasteiger partial charge in [-0.3, -0.25) is 0 Å². The molecule has 0 bridgehead atoms. The average Bonchev–Trinajstić information content (AvgIpc) is 1.95. The van der Waals surface area contributed by atoms with Gasteiger partial charge in [0.2, 0.25) is 5.95 Å². The first-order valence-corrected chi connectivity index (χ1v) is 3.92. The van der Waals surface area contributed by atoms with Gasteiger partial charge in [0.25, 0.3) is 0 Å². The molecule has 0 radical (unpaired) electrons. The highest BCUT2D eigenvalue weighted by Gasteiger charge is 2.00. The maximum absolute atomic E-state index is 12.4. The summed E-state index contributed by atoms with van der Waals surface area (Å²) in [4.78, 5) is 3.49. The molecule has 60 valence electrons.